The zero-order chi connectivity index (χ0) is 23.1. The van der Waals surface area contributed by atoms with Crippen LogP contribution in [-0.4, -0.2) is 30.3 Å². The van der Waals surface area contributed by atoms with Gasteiger partial charge in [0.15, 0.2) is 11.9 Å². The first-order valence-corrected chi connectivity index (χ1v) is 10.5. The first-order chi connectivity index (χ1) is 15.4. The Kier molecular flexibility index (Phi) is 7.78. The molecule has 1 unspecified atom stereocenters. The van der Waals surface area contributed by atoms with Crippen LogP contribution in [0.5, 0.6) is 17.2 Å². The Labute approximate surface area is 191 Å². The van der Waals surface area contributed by atoms with Crippen molar-refractivity contribution in [3.63, 3.8) is 0 Å². The Morgan fingerprint density at radius 1 is 1.09 bits per heavy atom. The second kappa shape index (κ2) is 10.7. The molecule has 0 spiro atoms. The number of nitrogens with zero attached hydrogens (tertiary/aromatic N) is 1. The van der Waals surface area contributed by atoms with Gasteiger partial charge in [-0.25, -0.2) is 0 Å². The molecule has 1 aromatic heterocycles. The lowest BCUT2D eigenvalue weighted by Crippen LogP contribution is -2.32. The maximum absolute atomic E-state index is 12.5. The molecule has 3 rings (SSSR count). The number of pyridine rings is 1. The number of carbonyl (C=O) groups excluding carboxylic acids is 1. The second-order valence-electron chi connectivity index (χ2n) is 7.04. The summed E-state index contributed by atoms with van der Waals surface area (Å²) in [6, 6.07) is 15.6. The molecule has 1 amide bonds. The van der Waals surface area contributed by atoms with E-state index in [1.807, 2.05) is 28.8 Å². The van der Waals surface area contributed by atoms with Gasteiger partial charge in [0.25, 0.3) is 5.91 Å². The van der Waals surface area contributed by atoms with Crippen molar-refractivity contribution in [3.05, 3.63) is 81.7 Å². The van der Waals surface area contributed by atoms with Crippen molar-refractivity contribution >= 4 is 23.2 Å². The van der Waals surface area contributed by atoms with Crippen molar-refractivity contribution in [2.24, 2.45) is 0 Å². The lowest BCUT2D eigenvalue weighted by Gasteiger charge is -2.19. The Morgan fingerprint density at radius 2 is 1.78 bits per heavy atom. The predicted molar refractivity (Wildman–Crippen MR) is 124 cm³/mol. The lowest BCUT2D eigenvalue weighted by atomic mass is 10.2. The Bertz CT molecular complexity index is 1130. The number of rotatable bonds is 9. The van der Waals surface area contributed by atoms with Crippen molar-refractivity contribution in [1.29, 1.82) is 0 Å². The number of carbonyl (C=O) groups is 1. The molecular formula is C24H25ClN2O5. The van der Waals surface area contributed by atoms with E-state index >= 15 is 0 Å². The van der Waals surface area contributed by atoms with Gasteiger partial charge >= 0.3 is 0 Å². The molecule has 0 saturated carbocycles. The van der Waals surface area contributed by atoms with Crippen LogP contribution in [0.15, 0.2) is 65.6 Å². The lowest BCUT2D eigenvalue weighted by molar-refractivity contribution is -0.122. The Morgan fingerprint density at radius 3 is 2.47 bits per heavy atom. The normalized spacial score (nSPS) is 11.5. The minimum Gasteiger partial charge on any atom is -0.497 e. The van der Waals surface area contributed by atoms with Crippen LogP contribution in [0.2, 0.25) is 5.02 Å². The van der Waals surface area contributed by atoms with E-state index in [1.165, 1.54) is 6.07 Å². The van der Waals surface area contributed by atoms with E-state index in [4.69, 9.17) is 25.8 Å². The van der Waals surface area contributed by atoms with Gasteiger partial charge in [0, 0.05) is 12.3 Å². The van der Waals surface area contributed by atoms with E-state index in [9.17, 15) is 9.59 Å². The number of aromatic nitrogens is 1. The minimum absolute atomic E-state index is 0.124. The van der Waals surface area contributed by atoms with Crippen molar-refractivity contribution in [2.75, 3.05) is 19.0 Å². The van der Waals surface area contributed by atoms with Gasteiger partial charge in [-0.05, 0) is 50.2 Å². The summed E-state index contributed by atoms with van der Waals surface area (Å²) in [5.74, 6) is 1.18. The molecule has 0 radical (unpaired) electrons. The molecule has 168 valence electrons. The summed E-state index contributed by atoms with van der Waals surface area (Å²) in [6.07, 6.45) is 0.778. The van der Waals surface area contributed by atoms with Crippen LogP contribution < -0.4 is 25.0 Å². The number of hydrogen-bond acceptors (Lipinski definition) is 5. The molecule has 1 N–H and O–H groups in total. The monoisotopic (exact) mass is 456 g/mol. The van der Waals surface area contributed by atoms with E-state index in [2.05, 4.69) is 5.32 Å². The van der Waals surface area contributed by atoms with Gasteiger partial charge in [0.05, 0.1) is 30.1 Å². The predicted octanol–water partition coefficient (Wildman–Crippen LogP) is 4.30. The molecule has 7 nitrogen and oxygen atoms in total. The number of benzene rings is 2. The van der Waals surface area contributed by atoms with Gasteiger partial charge in [-0.2, -0.15) is 0 Å². The van der Waals surface area contributed by atoms with E-state index in [0.717, 1.165) is 5.75 Å². The highest BCUT2D eigenvalue weighted by molar-refractivity contribution is 6.33. The highest BCUT2D eigenvalue weighted by Gasteiger charge is 2.19. The number of para-hydroxylation sites is 1. The van der Waals surface area contributed by atoms with E-state index in [-0.39, 0.29) is 11.2 Å². The third-order valence-electron chi connectivity index (χ3n) is 4.85. The van der Waals surface area contributed by atoms with Gasteiger partial charge in [-0.1, -0.05) is 23.7 Å². The van der Waals surface area contributed by atoms with E-state index < -0.39 is 12.0 Å². The van der Waals surface area contributed by atoms with Crippen LogP contribution >= 0.6 is 11.6 Å². The molecule has 32 heavy (non-hydrogen) atoms. The van der Waals surface area contributed by atoms with E-state index in [0.29, 0.717) is 35.3 Å². The van der Waals surface area contributed by atoms with Gasteiger partial charge in [-0.15, -0.1) is 0 Å². The van der Waals surface area contributed by atoms with Crippen LogP contribution in [0.1, 0.15) is 12.6 Å². The number of methoxy groups -OCH3 is 1. The molecule has 2 aromatic carbocycles. The van der Waals surface area contributed by atoms with Gasteiger partial charge in [0.2, 0.25) is 5.43 Å². The highest BCUT2D eigenvalue weighted by atomic mass is 35.5. The van der Waals surface area contributed by atoms with Gasteiger partial charge in [-0.3, -0.25) is 9.59 Å². The Balaban J connectivity index is 1.64. The van der Waals surface area contributed by atoms with Crippen LogP contribution in [-0.2, 0) is 11.3 Å². The first-order valence-electron chi connectivity index (χ1n) is 10.1. The molecule has 0 aliphatic rings. The summed E-state index contributed by atoms with van der Waals surface area (Å²) in [5, 5.41) is 3.13. The summed E-state index contributed by atoms with van der Waals surface area (Å²) >= 11 is 6.09. The summed E-state index contributed by atoms with van der Waals surface area (Å²) in [6.45, 7) is 4.23. The molecule has 8 heteroatoms. The van der Waals surface area contributed by atoms with Crippen molar-refractivity contribution in [1.82, 2.24) is 4.57 Å². The average molecular weight is 457 g/mol. The summed E-state index contributed by atoms with van der Waals surface area (Å²) in [7, 11) is 1.61. The van der Waals surface area contributed by atoms with Crippen molar-refractivity contribution in [2.45, 2.75) is 26.5 Å². The second-order valence-corrected chi connectivity index (χ2v) is 7.45. The van der Waals surface area contributed by atoms with E-state index in [1.54, 1.807) is 51.4 Å². The molecule has 0 aliphatic heterocycles. The fraction of sp³-hybridized carbons (Fsp3) is 0.250. The molecule has 0 saturated heterocycles. The summed E-state index contributed by atoms with van der Waals surface area (Å²) in [4.78, 5) is 24.9. The minimum atomic E-state index is -0.899. The first kappa shape index (κ1) is 23.2. The summed E-state index contributed by atoms with van der Waals surface area (Å²) in [5.41, 5.74) is 0.785. The fourth-order valence-electron chi connectivity index (χ4n) is 3.00. The van der Waals surface area contributed by atoms with Gasteiger partial charge < -0.3 is 24.1 Å². The molecule has 0 fully saturated rings. The Hall–Kier alpha value is -3.45. The molecule has 0 bridgehead atoms. The molecule has 3 aromatic rings. The molecular weight excluding hydrogens is 432 g/mol. The van der Waals surface area contributed by atoms with Crippen molar-refractivity contribution < 1.29 is 19.0 Å². The summed E-state index contributed by atoms with van der Waals surface area (Å²) < 4.78 is 18.5. The third-order valence-corrected chi connectivity index (χ3v) is 5.17. The molecule has 1 atom stereocenters. The number of anilines is 1. The zero-order valence-corrected chi connectivity index (χ0v) is 18.9. The van der Waals surface area contributed by atoms with Crippen LogP contribution in [0.3, 0.4) is 0 Å². The maximum atomic E-state index is 12.5. The SMILES string of the molecule is COc1ccc(OCCn2ccc(=O)c(OC(C)C(=O)Nc3ccccc3Cl)c2C)cc1. The molecule has 0 aliphatic carbocycles. The number of amides is 1. The van der Waals surface area contributed by atoms with Crippen LogP contribution in [0.4, 0.5) is 5.69 Å². The molecule has 1 heterocycles. The topological polar surface area (TPSA) is 78.8 Å². The number of ether oxygens (including phenoxy) is 3. The largest absolute Gasteiger partial charge is 0.497 e. The number of halogens is 1. The quantitative estimate of drug-likeness (QED) is 0.519. The number of hydrogen-bond donors (Lipinski definition) is 1. The van der Waals surface area contributed by atoms with Crippen LogP contribution in [0.25, 0.3) is 0 Å². The maximum Gasteiger partial charge on any atom is 0.265 e. The zero-order valence-electron chi connectivity index (χ0n) is 18.1. The smallest absolute Gasteiger partial charge is 0.265 e. The fourth-order valence-corrected chi connectivity index (χ4v) is 3.18. The van der Waals surface area contributed by atoms with Crippen molar-refractivity contribution in [3.8, 4) is 17.2 Å². The van der Waals surface area contributed by atoms with Crippen LogP contribution in [0, 0.1) is 6.92 Å². The average Bonchev–Trinajstić information content (AvgIpc) is 2.80. The third kappa shape index (κ3) is 5.82. The highest BCUT2D eigenvalue weighted by Crippen LogP contribution is 2.21. The number of nitrogens with one attached hydrogen (secondary N) is 1. The standard InChI is InChI=1S/C24H25ClN2O5/c1-16-23(32-17(2)24(29)26-21-7-5-4-6-20(21)25)22(28)12-13-27(16)14-15-31-19-10-8-18(30-3)9-11-19/h4-13,17H,14-15H2,1-3H3,(H,26,29). The van der Waals surface area contributed by atoms with Gasteiger partial charge in [0.1, 0.15) is 18.1 Å².